The first-order valence-corrected chi connectivity index (χ1v) is 7.55. The van der Waals surface area contributed by atoms with Gasteiger partial charge in [-0.3, -0.25) is 4.90 Å². The molecule has 0 saturated carbocycles. The normalized spacial score (nSPS) is 10.3. The van der Waals surface area contributed by atoms with Gasteiger partial charge in [-0.15, -0.1) is 11.3 Å². The average Bonchev–Trinajstić information content (AvgIpc) is 2.92. The first-order valence-electron chi connectivity index (χ1n) is 6.67. The van der Waals surface area contributed by atoms with Gasteiger partial charge in [0.15, 0.2) is 0 Å². The van der Waals surface area contributed by atoms with Gasteiger partial charge >= 0.3 is 0 Å². The van der Waals surface area contributed by atoms with Crippen LogP contribution < -0.4 is 0 Å². The first-order chi connectivity index (χ1) is 9.78. The SMILES string of the molecule is CN(Cc1cccc(C#CCCO)c1)Cc1cccs1. The summed E-state index contributed by atoms with van der Waals surface area (Å²) in [4.78, 5) is 3.68. The molecule has 1 heterocycles. The Bertz CT molecular complexity index is 581. The van der Waals surface area contributed by atoms with Gasteiger partial charge in [-0.05, 0) is 36.2 Å². The van der Waals surface area contributed by atoms with E-state index >= 15 is 0 Å². The third kappa shape index (κ3) is 4.82. The predicted octanol–water partition coefficient (Wildman–Crippen LogP) is 3.11. The van der Waals surface area contributed by atoms with E-state index in [1.54, 1.807) is 11.3 Å². The van der Waals surface area contributed by atoms with Crippen LogP contribution in [0.4, 0.5) is 0 Å². The monoisotopic (exact) mass is 285 g/mol. The molecule has 2 nitrogen and oxygen atoms in total. The number of benzene rings is 1. The standard InChI is InChI=1S/C17H19NOS/c1-18(14-17-9-5-11-20-17)13-16-8-4-7-15(12-16)6-2-3-10-19/h4-5,7-9,11-12,19H,3,10,13-14H2,1H3. The minimum atomic E-state index is 0.121. The van der Waals surface area contributed by atoms with Crippen molar-refractivity contribution in [2.24, 2.45) is 0 Å². The lowest BCUT2D eigenvalue weighted by molar-refractivity contribution is 0.305. The largest absolute Gasteiger partial charge is 0.395 e. The summed E-state index contributed by atoms with van der Waals surface area (Å²) in [5.74, 6) is 6.03. The summed E-state index contributed by atoms with van der Waals surface area (Å²) in [6.45, 7) is 2.00. The lowest BCUT2D eigenvalue weighted by atomic mass is 10.1. The van der Waals surface area contributed by atoms with Crippen molar-refractivity contribution in [2.45, 2.75) is 19.5 Å². The number of rotatable bonds is 5. The first kappa shape index (κ1) is 14.8. The lowest BCUT2D eigenvalue weighted by Crippen LogP contribution is -2.16. The Kier molecular flexibility index (Phi) is 5.82. The molecule has 0 fully saturated rings. The molecular formula is C17H19NOS. The topological polar surface area (TPSA) is 23.5 Å². The maximum Gasteiger partial charge on any atom is 0.0540 e. The number of aliphatic hydroxyl groups excluding tert-OH is 1. The smallest absolute Gasteiger partial charge is 0.0540 e. The zero-order valence-corrected chi connectivity index (χ0v) is 12.5. The van der Waals surface area contributed by atoms with Crippen LogP contribution >= 0.6 is 11.3 Å². The second-order valence-corrected chi connectivity index (χ2v) is 5.76. The highest BCUT2D eigenvalue weighted by Crippen LogP contribution is 2.13. The molecule has 0 spiro atoms. The number of aliphatic hydroxyl groups is 1. The van der Waals surface area contributed by atoms with E-state index in [1.807, 2.05) is 12.1 Å². The van der Waals surface area contributed by atoms with Crippen molar-refractivity contribution in [3.63, 3.8) is 0 Å². The molecule has 1 N–H and O–H groups in total. The molecule has 0 bridgehead atoms. The Balaban J connectivity index is 1.95. The molecule has 0 radical (unpaired) electrons. The number of nitrogens with zero attached hydrogens (tertiary/aromatic N) is 1. The van der Waals surface area contributed by atoms with Crippen molar-refractivity contribution >= 4 is 11.3 Å². The molecule has 3 heteroatoms. The van der Waals surface area contributed by atoms with E-state index in [0.29, 0.717) is 6.42 Å². The van der Waals surface area contributed by atoms with E-state index in [0.717, 1.165) is 18.7 Å². The molecule has 0 atom stereocenters. The van der Waals surface area contributed by atoms with Crippen molar-refractivity contribution in [2.75, 3.05) is 13.7 Å². The average molecular weight is 285 g/mol. The molecule has 0 aliphatic heterocycles. The van der Waals surface area contributed by atoms with Crippen molar-refractivity contribution in [1.29, 1.82) is 0 Å². The molecular weight excluding hydrogens is 266 g/mol. The number of thiophene rings is 1. The van der Waals surface area contributed by atoms with E-state index in [2.05, 4.69) is 53.4 Å². The van der Waals surface area contributed by atoms with E-state index in [-0.39, 0.29) is 6.61 Å². The highest BCUT2D eigenvalue weighted by molar-refractivity contribution is 7.09. The maximum atomic E-state index is 8.73. The summed E-state index contributed by atoms with van der Waals surface area (Å²) in [6, 6.07) is 12.5. The Hall–Kier alpha value is -1.60. The second-order valence-electron chi connectivity index (χ2n) is 4.73. The predicted molar refractivity (Wildman–Crippen MR) is 84.5 cm³/mol. The van der Waals surface area contributed by atoms with E-state index in [4.69, 9.17) is 5.11 Å². The van der Waals surface area contributed by atoms with Crippen LogP contribution in [-0.2, 0) is 13.1 Å². The summed E-state index contributed by atoms with van der Waals surface area (Å²) < 4.78 is 0. The van der Waals surface area contributed by atoms with Crippen molar-refractivity contribution in [3.8, 4) is 11.8 Å². The molecule has 1 aromatic heterocycles. The fourth-order valence-electron chi connectivity index (χ4n) is 2.00. The van der Waals surface area contributed by atoms with Crippen LogP contribution in [0.2, 0.25) is 0 Å². The number of hydrogen-bond donors (Lipinski definition) is 1. The van der Waals surface area contributed by atoms with E-state index in [1.165, 1.54) is 10.4 Å². The molecule has 2 aromatic rings. The van der Waals surface area contributed by atoms with Crippen LogP contribution in [0.5, 0.6) is 0 Å². The summed E-state index contributed by atoms with van der Waals surface area (Å²) in [7, 11) is 2.13. The summed E-state index contributed by atoms with van der Waals surface area (Å²) >= 11 is 1.79. The van der Waals surface area contributed by atoms with Gasteiger partial charge < -0.3 is 5.11 Å². The molecule has 0 aliphatic carbocycles. The Labute approximate surface area is 124 Å². The van der Waals surface area contributed by atoms with Crippen molar-refractivity contribution in [3.05, 3.63) is 57.8 Å². The number of hydrogen-bond acceptors (Lipinski definition) is 3. The van der Waals surface area contributed by atoms with E-state index in [9.17, 15) is 0 Å². The molecule has 2 rings (SSSR count). The van der Waals surface area contributed by atoms with Crippen LogP contribution in [0, 0.1) is 11.8 Å². The van der Waals surface area contributed by atoms with Gasteiger partial charge in [0.1, 0.15) is 0 Å². The lowest BCUT2D eigenvalue weighted by Gasteiger charge is -2.15. The summed E-state index contributed by atoms with van der Waals surface area (Å²) in [6.07, 6.45) is 0.530. The van der Waals surface area contributed by atoms with Crippen LogP contribution in [0.15, 0.2) is 41.8 Å². The van der Waals surface area contributed by atoms with Crippen LogP contribution in [0.1, 0.15) is 22.4 Å². The van der Waals surface area contributed by atoms with Gasteiger partial charge in [-0.2, -0.15) is 0 Å². The van der Waals surface area contributed by atoms with Gasteiger partial charge in [0, 0.05) is 30.0 Å². The van der Waals surface area contributed by atoms with Gasteiger partial charge in [0.2, 0.25) is 0 Å². The Morgan fingerprint density at radius 1 is 1.20 bits per heavy atom. The summed E-state index contributed by atoms with van der Waals surface area (Å²) in [5.41, 5.74) is 2.28. The third-order valence-corrected chi connectivity index (χ3v) is 3.72. The van der Waals surface area contributed by atoms with Crippen molar-refractivity contribution in [1.82, 2.24) is 4.90 Å². The Morgan fingerprint density at radius 2 is 2.10 bits per heavy atom. The van der Waals surface area contributed by atoms with E-state index < -0.39 is 0 Å². The van der Waals surface area contributed by atoms with Crippen LogP contribution in [0.3, 0.4) is 0 Å². The maximum absolute atomic E-state index is 8.73. The third-order valence-electron chi connectivity index (χ3n) is 2.85. The van der Waals surface area contributed by atoms with Crippen LogP contribution in [0.25, 0.3) is 0 Å². The zero-order chi connectivity index (χ0) is 14.2. The van der Waals surface area contributed by atoms with Gasteiger partial charge in [-0.25, -0.2) is 0 Å². The second kappa shape index (κ2) is 7.86. The highest BCUT2D eigenvalue weighted by Gasteiger charge is 2.03. The molecule has 0 saturated heterocycles. The fourth-order valence-corrected chi connectivity index (χ4v) is 2.79. The van der Waals surface area contributed by atoms with Gasteiger partial charge in [-0.1, -0.05) is 30.0 Å². The summed E-state index contributed by atoms with van der Waals surface area (Å²) in [5, 5.41) is 10.8. The molecule has 0 aliphatic rings. The molecule has 20 heavy (non-hydrogen) atoms. The minimum Gasteiger partial charge on any atom is -0.395 e. The van der Waals surface area contributed by atoms with Gasteiger partial charge in [0.25, 0.3) is 0 Å². The Morgan fingerprint density at radius 3 is 2.85 bits per heavy atom. The fraction of sp³-hybridized carbons (Fsp3) is 0.294. The van der Waals surface area contributed by atoms with Gasteiger partial charge in [0.05, 0.1) is 6.61 Å². The molecule has 0 amide bonds. The zero-order valence-electron chi connectivity index (χ0n) is 11.7. The van der Waals surface area contributed by atoms with Crippen molar-refractivity contribution < 1.29 is 5.11 Å². The quantitative estimate of drug-likeness (QED) is 0.853. The minimum absolute atomic E-state index is 0.121. The van der Waals surface area contributed by atoms with Crippen LogP contribution in [-0.4, -0.2) is 23.7 Å². The molecule has 1 aromatic carbocycles. The molecule has 104 valence electrons. The highest BCUT2D eigenvalue weighted by atomic mass is 32.1. The molecule has 0 unspecified atom stereocenters.